The van der Waals surface area contributed by atoms with Crippen LogP contribution >= 0.6 is 0 Å². The largest absolute Gasteiger partial charge is 0.481 e. The maximum absolute atomic E-state index is 11.9. The van der Waals surface area contributed by atoms with Gasteiger partial charge >= 0.3 is 5.97 Å². The molecule has 1 aromatic carbocycles. The van der Waals surface area contributed by atoms with Crippen LogP contribution in [0.25, 0.3) is 0 Å². The predicted molar refractivity (Wildman–Crippen MR) is 180 cm³/mol. The molecule has 0 radical (unpaired) electrons. The van der Waals surface area contributed by atoms with Crippen molar-refractivity contribution in [2.24, 2.45) is 29.6 Å². The molecule has 0 unspecified atom stereocenters. The summed E-state index contributed by atoms with van der Waals surface area (Å²) in [5.41, 5.74) is 2.04. The molecule has 0 saturated carbocycles. The van der Waals surface area contributed by atoms with Gasteiger partial charge in [0.05, 0.1) is 43.0 Å². The van der Waals surface area contributed by atoms with Crippen molar-refractivity contribution in [3.8, 4) is 0 Å². The molecule has 252 valence electrons. The second kappa shape index (κ2) is 15.4. The van der Waals surface area contributed by atoms with Crippen molar-refractivity contribution in [1.29, 1.82) is 0 Å². The van der Waals surface area contributed by atoms with Crippen LogP contribution in [0.3, 0.4) is 0 Å². The van der Waals surface area contributed by atoms with Gasteiger partial charge in [-0.25, -0.2) is 0 Å². The Hall–Kier alpha value is -1.55. The summed E-state index contributed by atoms with van der Waals surface area (Å²) in [7, 11) is -2.25. The molecule has 44 heavy (non-hydrogen) atoms. The first-order chi connectivity index (χ1) is 20.1. The smallest absolute Gasteiger partial charge is 0.308 e. The number of carbonyl (C=O) groups is 1. The lowest BCUT2D eigenvalue weighted by Gasteiger charge is -2.49. The number of benzene rings is 1. The molecule has 10 atom stereocenters. The van der Waals surface area contributed by atoms with Gasteiger partial charge in [-0.15, -0.1) is 0 Å². The van der Waals surface area contributed by atoms with Crippen LogP contribution in [-0.4, -0.2) is 60.8 Å². The SMILES string of the molecule is C=C(C[C@H](C)[C@@H]1OC(C)(C)O[C@H]([C@@H](C)C(=O)O)[C@@H]1C)[C@@H](O[Si](C)(C)C(C)(C)C)[C@H](C)[C@@H](OCc1ccccc1)[C@@H](C)[C@@H](C)O. The van der Waals surface area contributed by atoms with Crippen LogP contribution in [0.15, 0.2) is 42.5 Å². The number of carboxylic acids is 1. The Morgan fingerprint density at radius 3 is 2.07 bits per heavy atom. The molecule has 2 rings (SSSR count). The lowest BCUT2D eigenvalue weighted by molar-refractivity contribution is -0.333. The first kappa shape index (κ1) is 38.6. The van der Waals surface area contributed by atoms with Crippen LogP contribution in [0.4, 0.5) is 0 Å². The fourth-order valence-corrected chi connectivity index (χ4v) is 7.49. The van der Waals surface area contributed by atoms with Gasteiger partial charge in [0.15, 0.2) is 14.1 Å². The average molecular weight is 635 g/mol. The minimum absolute atomic E-state index is 0.0182. The monoisotopic (exact) mass is 634 g/mol. The van der Waals surface area contributed by atoms with Crippen LogP contribution in [-0.2, 0) is 30.0 Å². The summed E-state index contributed by atoms with van der Waals surface area (Å²) in [4.78, 5) is 11.9. The zero-order valence-corrected chi connectivity index (χ0v) is 30.7. The molecule has 0 aliphatic carbocycles. The van der Waals surface area contributed by atoms with Crippen LogP contribution in [0.2, 0.25) is 18.1 Å². The highest BCUT2D eigenvalue weighted by atomic mass is 28.4. The molecule has 1 fully saturated rings. The molecule has 8 heteroatoms. The highest BCUT2D eigenvalue weighted by molar-refractivity contribution is 6.74. The van der Waals surface area contributed by atoms with Crippen molar-refractivity contribution >= 4 is 14.3 Å². The quantitative estimate of drug-likeness (QED) is 0.149. The number of carboxylic acid groups (broad SMARTS) is 1. The van der Waals surface area contributed by atoms with E-state index in [2.05, 4.69) is 54.3 Å². The summed E-state index contributed by atoms with van der Waals surface area (Å²) < 4.78 is 26.4. The van der Waals surface area contributed by atoms with Gasteiger partial charge in [-0.2, -0.15) is 0 Å². The topological polar surface area (TPSA) is 94.5 Å². The van der Waals surface area contributed by atoms with Crippen LogP contribution in [0.5, 0.6) is 0 Å². The zero-order valence-electron chi connectivity index (χ0n) is 29.7. The molecule has 0 bridgehead atoms. The Morgan fingerprint density at radius 1 is 1.02 bits per heavy atom. The molecule has 2 N–H and O–H groups in total. The third kappa shape index (κ3) is 9.97. The van der Waals surface area contributed by atoms with Crippen LogP contribution in [0, 0.1) is 29.6 Å². The van der Waals surface area contributed by atoms with Crippen LogP contribution in [0.1, 0.15) is 88.1 Å². The highest BCUT2D eigenvalue weighted by Gasteiger charge is 2.48. The average Bonchev–Trinajstić information content (AvgIpc) is 2.91. The van der Waals surface area contributed by atoms with E-state index in [0.717, 1.165) is 11.1 Å². The molecule has 0 spiro atoms. The Kier molecular flexibility index (Phi) is 13.5. The second-order valence-corrected chi connectivity index (χ2v) is 20.2. The molecule has 1 aromatic rings. The normalized spacial score (nSPS) is 25.7. The summed E-state index contributed by atoms with van der Waals surface area (Å²) in [6.07, 6.45) is -1.22. The van der Waals surface area contributed by atoms with Gasteiger partial charge in [0, 0.05) is 17.8 Å². The fraction of sp³-hybridized carbons (Fsp3) is 0.750. The van der Waals surface area contributed by atoms with E-state index in [4.69, 9.17) is 18.6 Å². The standard InChI is InChI=1S/C36H62O7Si/c1-22(30-25(4)33(27(6)34(38)39)42-36(11,12)41-30)20-23(2)31(43-44(13,14)35(8,9)10)26(5)32(24(3)28(7)37)40-21-29-18-16-15-17-19-29/h15-19,22,24-28,30-33,37H,2,20-21H2,1,3-14H3,(H,38,39)/t22-,24-,25+,26-,27+,28+,30-,31+,32-,33-/m0/s1. The number of hydrogen-bond acceptors (Lipinski definition) is 6. The molecule has 7 nitrogen and oxygen atoms in total. The van der Waals surface area contributed by atoms with Crippen LogP contribution < -0.4 is 0 Å². The van der Waals surface area contributed by atoms with Crippen molar-refractivity contribution < 1.29 is 33.6 Å². The maximum atomic E-state index is 11.9. The first-order valence-corrected chi connectivity index (χ1v) is 19.3. The summed E-state index contributed by atoms with van der Waals surface area (Å²) >= 11 is 0. The number of aliphatic hydroxyl groups is 1. The van der Waals surface area contributed by atoms with Gasteiger partial charge in [-0.05, 0) is 69.3 Å². The molecule has 1 aliphatic heterocycles. The Morgan fingerprint density at radius 2 is 1.57 bits per heavy atom. The van der Waals surface area contributed by atoms with E-state index >= 15 is 0 Å². The Labute approximate surface area is 268 Å². The third-order valence-electron chi connectivity index (χ3n) is 10.1. The predicted octanol–water partition coefficient (Wildman–Crippen LogP) is 8.07. The molecule has 1 saturated heterocycles. The van der Waals surface area contributed by atoms with Gasteiger partial charge in [0.2, 0.25) is 0 Å². The van der Waals surface area contributed by atoms with Gasteiger partial charge < -0.3 is 28.8 Å². The van der Waals surface area contributed by atoms with Crippen molar-refractivity contribution in [1.82, 2.24) is 0 Å². The summed E-state index contributed by atoms with van der Waals surface area (Å²) in [5, 5.41) is 20.5. The number of rotatable bonds is 15. The van der Waals surface area contributed by atoms with E-state index < -0.39 is 38.2 Å². The molecular weight excluding hydrogens is 572 g/mol. The van der Waals surface area contributed by atoms with Crippen molar-refractivity contribution in [2.75, 3.05) is 0 Å². The minimum atomic E-state index is -2.25. The summed E-state index contributed by atoms with van der Waals surface area (Å²) in [5.74, 6) is -2.78. The summed E-state index contributed by atoms with van der Waals surface area (Å²) in [6.45, 7) is 31.9. The van der Waals surface area contributed by atoms with Crippen molar-refractivity contribution in [3.05, 3.63) is 48.0 Å². The molecular formula is C36H62O7Si. The number of hydrogen-bond donors (Lipinski definition) is 2. The van der Waals surface area contributed by atoms with Gasteiger partial charge in [0.1, 0.15) is 0 Å². The lowest BCUT2D eigenvalue weighted by atomic mass is 9.78. The molecule has 0 aromatic heterocycles. The fourth-order valence-electron chi connectivity index (χ4n) is 6.12. The number of ether oxygens (including phenoxy) is 3. The van der Waals surface area contributed by atoms with E-state index in [1.807, 2.05) is 65.0 Å². The first-order valence-electron chi connectivity index (χ1n) is 16.4. The zero-order chi connectivity index (χ0) is 33.8. The molecule has 0 amide bonds. The number of aliphatic hydroxyl groups excluding tert-OH is 1. The van der Waals surface area contributed by atoms with E-state index in [0.29, 0.717) is 13.0 Å². The van der Waals surface area contributed by atoms with Gasteiger partial charge in [-0.3, -0.25) is 4.79 Å². The van der Waals surface area contributed by atoms with Gasteiger partial charge in [-0.1, -0.05) is 85.4 Å². The maximum Gasteiger partial charge on any atom is 0.308 e. The number of aliphatic carboxylic acids is 1. The van der Waals surface area contributed by atoms with Crippen molar-refractivity contribution in [2.45, 2.75) is 144 Å². The molecule has 1 aliphatic rings. The Bertz CT molecular complexity index is 1060. The minimum Gasteiger partial charge on any atom is -0.481 e. The highest BCUT2D eigenvalue weighted by Crippen LogP contribution is 2.43. The van der Waals surface area contributed by atoms with E-state index in [1.165, 1.54) is 0 Å². The second-order valence-electron chi connectivity index (χ2n) is 15.4. The lowest BCUT2D eigenvalue weighted by Crippen LogP contribution is -2.55. The van der Waals surface area contributed by atoms with E-state index in [1.54, 1.807) is 6.92 Å². The van der Waals surface area contributed by atoms with Gasteiger partial charge in [0.25, 0.3) is 0 Å². The Balaban J connectivity index is 2.43. The summed E-state index contributed by atoms with van der Waals surface area (Å²) in [6, 6.07) is 10.1. The third-order valence-corrected chi connectivity index (χ3v) is 14.5. The molecule has 1 heterocycles. The van der Waals surface area contributed by atoms with E-state index in [9.17, 15) is 15.0 Å². The van der Waals surface area contributed by atoms with E-state index in [-0.39, 0.29) is 47.0 Å². The van der Waals surface area contributed by atoms with Crippen molar-refractivity contribution in [3.63, 3.8) is 0 Å².